The molecule has 0 saturated carbocycles. The molecule has 0 N–H and O–H groups in total. The molecule has 0 aromatic carbocycles. The van der Waals surface area contributed by atoms with E-state index in [1.807, 2.05) is 7.11 Å². The van der Waals surface area contributed by atoms with Crippen molar-refractivity contribution in [3.8, 4) is 0 Å². The van der Waals surface area contributed by atoms with Crippen LogP contribution in [0, 0.1) is 0 Å². The van der Waals surface area contributed by atoms with Crippen molar-refractivity contribution in [2.75, 3.05) is 7.11 Å². The minimum atomic E-state index is -1.29. The largest absolute Gasteiger partial charge is 0.458 e. The topological polar surface area (TPSA) is 18.5 Å². The molecule has 0 bridgehead atoms. The van der Waals surface area contributed by atoms with Crippen LogP contribution in [0.3, 0.4) is 0 Å². The molecule has 0 saturated heterocycles. The Kier molecular flexibility index (Phi) is 5.53. The first-order valence-electron chi connectivity index (χ1n) is 4.15. The minimum absolute atomic E-state index is 0.266. The zero-order chi connectivity index (χ0) is 8.91. The zero-order valence-electron chi connectivity index (χ0n) is 8.31. The molecule has 0 atom stereocenters. The molecule has 0 aromatic heterocycles. The zero-order valence-corrected chi connectivity index (χ0v) is 11.9. The van der Waals surface area contributed by atoms with Crippen molar-refractivity contribution in [3.05, 3.63) is 0 Å². The molecule has 0 aliphatic heterocycles. The maximum absolute atomic E-state index is 5.97. The smallest absolute Gasteiger partial charge is 0.172 e. The Bertz CT molecular complexity index is 106. The standard InChI is InChI=1S/C6H20O2Si3/c1-7-9-6-11(4,5)8-10(2)3/h10H,6,9H2,1-5H3. The first kappa shape index (κ1) is 11.6. The Morgan fingerprint density at radius 1 is 1.36 bits per heavy atom. The average Bonchev–Trinajstić information content (AvgIpc) is 1.81. The fourth-order valence-corrected chi connectivity index (χ4v) is 10.5. The van der Waals surface area contributed by atoms with Gasteiger partial charge in [-0.2, -0.15) is 0 Å². The summed E-state index contributed by atoms with van der Waals surface area (Å²) < 4.78 is 11.1. The van der Waals surface area contributed by atoms with Crippen LogP contribution in [0.15, 0.2) is 0 Å². The summed E-state index contributed by atoms with van der Waals surface area (Å²) in [5, 5.41) is 0. The van der Waals surface area contributed by atoms with Crippen LogP contribution >= 0.6 is 0 Å². The Morgan fingerprint density at radius 3 is 2.27 bits per heavy atom. The van der Waals surface area contributed by atoms with E-state index in [0.29, 0.717) is 0 Å². The van der Waals surface area contributed by atoms with E-state index in [2.05, 4.69) is 26.2 Å². The second kappa shape index (κ2) is 5.26. The Labute approximate surface area is 75.1 Å². The predicted octanol–water partition coefficient (Wildman–Crippen LogP) is 0.879. The molecule has 0 spiro atoms. The molecule has 0 rings (SSSR count). The minimum Gasteiger partial charge on any atom is -0.458 e. The summed E-state index contributed by atoms with van der Waals surface area (Å²) in [6.07, 6.45) is 0. The van der Waals surface area contributed by atoms with Crippen molar-refractivity contribution < 1.29 is 8.54 Å². The van der Waals surface area contributed by atoms with Crippen LogP contribution in [0.2, 0.25) is 31.9 Å². The van der Waals surface area contributed by atoms with Crippen LogP contribution in [0.5, 0.6) is 0 Å². The monoisotopic (exact) mass is 208 g/mol. The van der Waals surface area contributed by atoms with Gasteiger partial charge in [-0.25, -0.2) is 0 Å². The fourth-order valence-electron chi connectivity index (χ4n) is 1.04. The number of hydrogen-bond donors (Lipinski definition) is 0. The highest BCUT2D eigenvalue weighted by atomic mass is 28.4. The molecule has 0 radical (unpaired) electrons. The van der Waals surface area contributed by atoms with Gasteiger partial charge >= 0.3 is 0 Å². The van der Waals surface area contributed by atoms with Gasteiger partial charge in [-0.3, -0.25) is 0 Å². The molecule has 0 heterocycles. The Hall–Kier alpha value is 0.571. The number of hydrogen-bond acceptors (Lipinski definition) is 2. The van der Waals surface area contributed by atoms with E-state index in [9.17, 15) is 0 Å². The van der Waals surface area contributed by atoms with Crippen LogP contribution in [-0.2, 0) is 8.54 Å². The van der Waals surface area contributed by atoms with Gasteiger partial charge in [0.15, 0.2) is 27.1 Å². The van der Waals surface area contributed by atoms with E-state index in [1.54, 1.807) is 0 Å². The Morgan fingerprint density at radius 2 is 1.91 bits per heavy atom. The van der Waals surface area contributed by atoms with Gasteiger partial charge in [0.2, 0.25) is 0 Å². The summed E-state index contributed by atoms with van der Waals surface area (Å²) >= 11 is 0. The lowest BCUT2D eigenvalue weighted by atomic mass is 11.8. The third-order valence-corrected chi connectivity index (χ3v) is 11.9. The van der Waals surface area contributed by atoms with Crippen molar-refractivity contribution in [2.24, 2.45) is 0 Å². The molecular formula is C6H20O2Si3. The van der Waals surface area contributed by atoms with E-state index in [-0.39, 0.29) is 9.76 Å². The van der Waals surface area contributed by atoms with Crippen molar-refractivity contribution >= 4 is 27.1 Å². The molecule has 0 amide bonds. The van der Waals surface area contributed by atoms with Gasteiger partial charge in [0.25, 0.3) is 0 Å². The summed E-state index contributed by atoms with van der Waals surface area (Å²) in [5.74, 6) is 0. The summed E-state index contributed by atoms with van der Waals surface area (Å²) in [6, 6.07) is 0. The maximum atomic E-state index is 5.97. The van der Waals surface area contributed by atoms with Gasteiger partial charge in [0.1, 0.15) is 0 Å². The molecule has 5 heteroatoms. The molecule has 0 unspecified atom stereocenters. The van der Waals surface area contributed by atoms with E-state index in [1.165, 1.54) is 5.67 Å². The summed E-state index contributed by atoms with van der Waals surface area (Å²) in [5.41, 5.74) is 1.26. The highest BCUT2D eigenvalue weighted by molar-refractivity contribution is 6.82. The molecule has 0 aliphatic carbocycles. The van der Waals surface area contributed by atoms with Crippen LogP contribution in [0.1, 0.15) is 0 Å². The normalized spacial score (nSPS) is 13.6. The molecule has 68 valence electrons. The highest BCUT2D eigenvalue weighted by Crippen LogP contribution is 2.10. The van der Waals surface area contributed by atoms with Crippen molar-refractivity contribution in [1.82, 2.24) is 0 Å². The Balaban J connectivity index is 3.61. The van der Waals surface area contributed by atoms with Crippen molar-refractivity contribution in [3.63, 3.8) is 0 Å². The maximum Gasteiger partial charge on any atom is 0.172 e. The third-order valence-electron chi connectivity index (χ3n) is 1.46. The molecular weight excluding hydrogens is 188 g/mol. The van der Waals surface area contributed by atoms with Gasteiger partial charge < -0.3 is 8.54 Å². The van der Waals surface area contributed by atoms with Crippen molar-refractivity contribution in [2.45, 2.75) is 31.9 Å². The predicted molar refractivity (Wildman–Crippen MR) is 57.8 cm³/mol. The second-order valence-electron chi connectivity index (χ2n) is 3.67. The first-order chi connectivity index (χ1) is 4.98. The SMILES string of the molecule is CO[SiH2]C[Si](C)(C)O[SiH](C)C. The molecule has 0 fully saturated rings. The van der Waals surface area contributed by atoms with Crippen LogP contribution in [0.4, 0.5) is 0 Å². The summed E-state index contributed by atoms with van der Waals surface area (Å²) in [4.78, 5) is 0. The van der Waals surface area contributed by atoms with Crippen LogP contribution in [-0.4, -0.2) is 34.2 Å². The highest BCUT2D eigenvalue weighted by Gasteiger charge is 2.22. The molecule has 11 heavy (non-hydrogen) atoms. The average molecular weight is 208 g/mol. The fraction of sp³-hybridized carbons (Fsp3) is 1.00. The van der Waals surface area contributed by atoms with Gasteiger partial charge in [-0.05, 0) is 31.9 Å². The first-order valence-corrected chi connectivity index (χ1v) is 11.6. The lowest BCUT2D eigenvalue weighted by Gasteiger charge is -2.24. The third kappa shape index (κ3) is 6.95. The summed E-state index contributed by atoms with van der Waals surface area (Å²) in [7, 11) is -0.556. The van der Waals surface area contributed by atoms with Crippen LogP contribution in [0.25, 0.3) is 0 Å². The van der Waals surface area contributed by atoms with Crippen molar-refractivity contribution in [1.29, 1.82) is 0 Å². The van der Waals surface area contributed by atoms with E-state index in [0.717, 1.165) is 0 Å². The van der Waals surface area contributed by atoms with Gasteiger partial charge in [0, 0.05) is 7.11 Å². The van der Waals surface area contributed by atoms with Crippen LogP contribution < -0.4 is 0 Å². The van der Waals surface area contributed by atoms with Gasteiger partial charge in [-0.1, -0.05) is 0 Å². The van der Waals surface area contributed by atoms with E-state index >= 15 is 0 Å². The lowest BCUT2D eigenvalue weighted by molar-refractivity contribution is 0.442. The lowest BCUT2D eigenvalue weighted by Crippen LogP contribution is -2.36. The second-order valence-corrected chi connectivity index (χ2v) is 13.2. The molecule has 0 aliphatic rings. The quantitative estimate of drug-likeness (QED) is 0.625. The molecule has 0 aromatic rings. The summed E-state index contributed by atoms with van der Waals surface area (Å²) in [6.45, 7) is 9.07. The van der Waals surface area contributed by atoms with E-state index < -0.39 is 17.4 Å². The molecule has 2 nitrogen and oxygen atoms in total. The van der Waals surface area contributed by atoms with Gasteiger partial charge in [-0.15, -0.1) is 0 Å². The van der Waals surface area contributed by atoms with E-state index in [4.69, 9.17) is 8.54 Å². The number of rotatable bonds is 5. The van der Waals surface area contributed by atoms with Gasteiger partial charge in [0.05, 0.1) is 0 Å².